The van der Waals surface area contributed by atoms with Crippen LogP contribution in [0.3, 0.4) is 0 Å². The van der Waals surface area contributed by atoms with Crippen molar-refractivity contribution in [2.75, 3.05) is 18.5 Å². The number of benzene rings is 2. The largest absolute Gasteiger partial charge is 0.394 e. The van der Waals surface area contributed by atoms with Gasteiger partial charge in [-0.25, -0.2) is 0 Å². The molecule has 2 aromatic carbocycles. The molecule has 120 valence electrons. The third kappa shape index (κ3) is 3.44. The Hall–Kier alpha value is -2.15. The van der Waals surface area contributed by atoms with Gasteiger partial charge in [-0.15, -0.1) is 10.2 Å². The first-order valence-corrected chi connectivity index (χ1v) is 7.61. The van der Waals surface area contributed by atoms with Gasteiger partial charge < -0.3 is 15.5 Å². The summed E-state index contributed by atoms with van der Waals surface area (Å²) < 4.78 is 0. The number of nitrogens with one attached hydrogen (secondary N) is 1. The first kappa shape index (κ1) is 15.7. The molecule has 1 aromatic heterocycles. The Morgan fingerprint density at radius 2 is 1.96 bits per heavy atom. The summed E-state index contributed by atoms with van der Waals surface area (Å²) in [4.78, 5) is 1.54. The smallest absolute Gasteiger partial charge is 0.115 e. The number of aromatic nitrogens is 3. The van der Waals surface area contributed by atoms with E-state index in [0.29, 0.717) is 5.02 Å². The Kier molecular flexibility index (Phi) is 4.47. The molecule has 3 rings (SSSR count). The van der Waals surface area contributed by atoms with Crippen molar-refractivity contribution in [2.24, 2.45) is 0 Å². The molecule has 1 heterocycles. The molecule has 23 heavy (non-hydrogen) atoms. The van der Waals surface area contributed by atoms with Crippen molar-refractivity contribution in [3.63, 3.8) is 0 Å². The fourth-order valence-electron chi connectivity index (χ4n) is 2.15. The van der Waals surface area contributed by atoms with E-state index in [1.165, 1.54) is 0 Å². The number of anilines is 1. The molecule has 0 saturated carbocycles. The Bertz CT molecular complexity index is 834. The lowest BCUT2D eigenvalue weighted by Crippen LogP contribution is -2.22. The molecule has 0 saturated heterocycles. The Balaban J connectivity index is 1.88. The highest BCUT2D eigenvalue weighted by Gasteiger charge is 2.08. The first-order valence-electron chi connectivity index (χ1n) is 7.23. The summed E-state index contributed by atoms with van der Waals surface area (Å²) in [5.74, 6) is 0. The van der Waals surface area contributed by atoms with Gasteiger partial charge in [-0.2, -0.15) is 4.80 Å². The molecule has 0 amide bonds. The van der Waals surface area contributed by atoms with Crippen LogP contribution in [-0.4, -0.2) is 44.5 Å². The number of rotatable bonds is 5. The maximum absolute atomic E-state index is 9.38. The van der Waals surface area contributed by atoms with Gasteiger partial charge in [-0.3, -0.25) is 0 Å². The monoisotopic (exact) mass is 332 g/mol. The minimum atomic E-state index is -0.795. The average Bonchev–Trinajstić information content (AvgIpc) is 2.98. The number of nitrogens with zero attached hydrogens (tertiary/aromatic N) is 3. The van der Waals surface area contributed by atoms with Crippen LogP contribution in [0.2, 0.25) is 5.02 Å². The maximum atomic E-state index is 9.38. The van der Waals surface area contributed by atoms with Crippen LogP contribution in [0, 0.1) is 6.92 Å². The van der Waals surface area contributed by atoms with E-state index >= 15 is 0 Å². The van der Waals surface area contributed by atoms with Gasteiger partial charge in [-0.05, 0) is 42.8 Å². The second kappa shape index (κ2) is 6.54. The molecular weight excluding hydrogens is 316 g/mol. The minimum absolute atomic E-state index is 0.268. The van der Waals surface area contributed by atoms with E-state index in [9.17, 15) is 5.11 Å². The summed E-state index contributed by atoms with van der Waals surface area (Å²) in [5, 5.41) is 30.8. The number of halogens is 1. The molecule has 1 atom stereocenters. The predicted octanol–water partition coefficient (Wildman–Crippen LogP) is 2.15. The van der Waals surface area contributed by atoms with Gasteiger partial charge in [0, 0.05) is 17.3 Å². The molecule has 0 aliphatic rings. The summed E-state index contributed by atoms with van der Waals surface area (Å²) in [6.07, 6.45) is -0.795. The van der Waals surface area contributed by atoms with Crippen LogP contribution in [0.1, 0.15) is 5.56 Å². The zero-order chi connectivity index (χ0) is 16.4. The van der Waals surface area contributed by atoms with Crippen LogP contribution in [-0.2, 0) is 0 Å². The van der Waals surface area contributed by atoms with E-state index in [4.69, 9.17) is 16.7 Å². The molecule has 0 aliphatic carbocycles. The van der Waals surface area contributed by atoms with Crippen LogP contribution in [0.15, 0.2) is 36.4 Å². The van der Waals surface area contributed by atoms with E-state index in [-0.39, 0.29) is 13.2 Å². The zero-order valence-electron chi connectivity index (χ0n) is 12.6. The standard InChI is InChI=1S/C16H17ClN4O2/c1-10-2-4-12(7-14(10)17)21-19-15-5-3-11(6-16(15)20-21)18-8-13(23)9-22/h2-7,13,18,22-23H,8-9H2,1H3. The molecule has 3 aromatic rings. The van der Waals surface area contributed by atoms with Gasteiger partial charge in [0.2, 0.25) is 0 Å². The number of hydrogen-bond donors (Lipinski definition) is 3. The Labute approximate surface area is 138 Å². The highest BCUT2D eigenvalue weighted by Crippen LogP contribution is 2.21. The molecule has 0 fully saturated rings. The molecule has 0 spiro atoms. The van der Waals surface area contributed by atoms with Gasteiger partial charge in [0.25, 0.3) is 0 Å². The molecule has 0 bridgehead atoms. The number of aliphatic hydroxyl groups excluding tert-OH is 2. The van der Waals surface area contributed by atoms with Gasteiger partial charge in [0.1, 0.15) is 11.0 Å². The Morgan fingerprint density at radius 3 is 2.70 bits per heavy atom. The van der Waals surface area contributed by atoms with Gasteiger partial charge >= 0.3 is 0 Å². The fraction of sp³-hybridized carbons (Fsp3) is 0.250. The quantitative estimate of drug-likeness (QED) is 0.667. The highest BCUT2D eigenvalue weighted by atomic mass is 35.5. The second-order valence-electron chi connectivity index (χ2n) is 5.34. The topological polar surface area (TPSA) is 83.2 Å². The van der Waals surface area contributed by atoms with Gasteiger partial charge in [-0.1, -0.05) is 17.7 Å². The predicted molar refractivity (Wildman–Crippen MR) is 90.2 cm³/mol. The van der Waals surface area contributed by atoms with Gasteiger partial charge in [0.05, 0.1) is 18.4 Å². The third-order valence-corrected chi connectivity index (χ3v) is 3.93. The van der Waals surface area contributed by atoms with Crippen molar-refractivity contribution in [3.05, 3.63) is 47.0 Å². The number of fused-ring (bicyclic) bond motifs is 1. The molecule has 0 radical (unpaired) electrons. The van der Waals surface area contributed by atoms with Crippen LogP contribution >= 0.6 is 11.6 Å². The summed E-state index contributed by atoms with van der Waals surface area (Å²) >= 11 is 6.15. The summed E-state index contributed by atoms with van der Waals surface area (Å²) in [5.41, 5.74) is 4.09. The number of aliphatic hydroxyl groups is 2. The van der Waals surface area contributed by atoms with Crippen LogP contribution in [0.4, 0.5) is 5.69 Å². The summed E-state index contributed by atoms with van der Waals surface area (Å²) in [6.45, 7) is 1.93. The van der Waals surface area contributed by atoms with E-state index in [2.05, 4.69) is 15.5 Å². The zero-order valence-corrected chi connectivity index (χ0v) is 13.3. The molecule has 3 N–H and O–H groups in total. The van der Waals surface area contributed by atoms with Crippen molar-refractivity contribution >= 4 is 28.3 Å². The van der Waals surface area contributed by atoms with Crippen LogP contribution in [0.25, 0.3) is 16.7 Å². The minimum Gasteiger partial charge on any atom is -0.394 e. The SMILES string of the molecule is Cc1ccc(-n2nc3ccc(NCC(O)CO)cc3n2)cc1Cl. The molecule has 7 heteroatoms. The second-order valence-corrected chi connectivity index (χ2v) is 5.75. The van der Waals surface area contributed by atoms with Crippen molar-refractivity contribution in [3.8, 4) is 5.69 Å². The lowest BCUT2D eigenvalue weighted by atomic mass is 10.2. The van der Waals surface area contributed by atoms with Crippen molar-refractivity contribution in [1.29, 1.82) is 0 Å². The molecule has 1 unspecified atom stereocenters. The van der Waals surface area contributed by atoms with Crippen molar-refractivity contribution in [1.82, 2.24) is 15.0 Å². The summed E-state index contributed by atoms with van der Waals surface area (Å²) in [7, 11) is 0. The Morgan fingerprint density at radius 1 is 1.17 bits per heavy atom. The first-order chi connectivity index (χ1) is 11.1. The number of aryl methyl sites for hydroxylation is 1. The van der Waals surface area contributed by atoms with Crippen LogP contribution in [0.5, 0.6) is 0 Å². The molecular formula is C16H17ClN4O2. The van der Waals surface area contributed by atoms with E-state index in [1.54, 1.807) is 4.80 Å². The highest BCUT2D eigenvalue weighted by molar-refractivity contribution is 6.31. The lowest BCUT2D eigenvalue weighted by Gasteiger charge is -2.09. The summed E-state index contributed by atoms with van der Waals surface area (Å²) in [6, 6.07) is 11.2. The third-order valence-electron chi connectivity index (χ3n) is 3.52. The normalized spacial score (nSPS) is 12.5. The van der Waals surface area contributed by atoms with E-state index < -0.39 is 6.10 Å². The van der Waals surface area contributed by atoms with Crippen LogP contribution < -0.4 is 5.32 Å². The molecule has 6 nitrogen and oxygen atoms in total. The average molecular weight is 333 g/mol. The van der Waals surface area contributed by atoms with Crippen molar-refractivity contribution in [2.45, 2.75) is 13.0 Å². The fourth-order valence-corrected chi connectivity index (χ4v) is 2.32. The lowest BCUT2D eigenvalue weighted by molar-refractivity contribution is 0.105. The van der Waals surface area contributed by atoms with Gasteiger partial charge in [0.15, 0.2) is 0 Å². The van der Waals surface area contributed by atoms with E-state index in [1.807, 2.05) is 43.3 Å². The molecule has 0 aliphatic heterocycles. The van der Waals surface area contributed by atoms with E-state index in [0.717, 1.165) is 28.0 Å². The number of hydrogen-bond acceptors (Lipinski definition) is 5. The van der Waals surface area contributed by atoms with Crippen molar-refractivity contribution < 1.29 is 10.2 Å². The maximum Gasteiger partial charge on any atom is 0.115 e.